The van der Waals surface area contributed by atoms with Crippen molar-refractivity contribution in [2.75, 3.05) is 11.9 Å². The Morgan fingerprint density at radius 1 is 1.50 bits per heavy atom. The van der Waals surface area contributed by atoms with Crippen molar-refractivity contribution in [3.8, 4) is 0 Å². The molecule has 5 N–H and O–H groups in total. The Kier molecular flexibility index (Phi) is 4.76. The highest BCUT2D eigenvalue weighted by molar-refractivity contribution is 9.10. The third-order valence-corrected chi connectivity index (χ3v) is 3.86. The third-order valence-electron chi connectivity index (χ3n) is 3.37. The third kappa shape index (κ3) is 3.23. The molecule has 1 rings (SSSR count). The van der Waals surface area contributed by atoms with Gasteiger partial charge in [0.25, 0.3) is 5.91 Å². The fourth-order valence-electron chi connectivity index (χ4n) is 1.57. The van der Waals surface area contributed by atoms with Gasteiger partial charge < -0.3 is 16.8 Å². The molecule has 0 saturated carbocycles. The van der Waals surface area contributed by atoms with E-state index in [1.165, 1.54) is 0 Å². The number of nitrogens with two attached hydrogens (primary N) is 2. The Labute approximate surface area is 116 Å². The summed E-state index contributed by atoms with van der Waals surface area (Å²) in [6.45, 7) is 6.67. The Morgan fingerprint density at radius 2 is 2.11 bits per heavy atom. The summed E-state index contributed by atoms with van der Waals surface area (Å²) in [5.41, 5.74) is 12.1. The zero-order valence-corrected chi connectivity index (χ0v) is 12.5. The molecular weight excluding hydrogens is 294 g/mol. The molecule has 1 aromatic rings. The second-order valence-electron chi connectivity index (χ2n) is 4.96. The SMILES string of the molecule is CC(C)C(C)(CN)Nc1cc(Br)ccc1C(N)=O. The van der Waals surface area contributed by atoms with Crippen LogP contribution >= 0.6 is 15.9 Å². The fraction of sp³-hybridized carbons (Fsp3) is 0.462. The summed E-state index contributed by atoms with van der Waals surface area (Å²) in [6.07, 6.45) is 0. The number of anilines is 1. The first kappa shape index (κ1) is 15.0. The van der Waals surface area contributed by atoms with E-state index in [1.54, 1.807) is 12.1 Å². The number of halogens is 1. The smallest absolute Gasteiger partial charge is 0.250 e. The average Bonchev–Trinajstić information content (AvgIpc) is 2.28. The Hall–Kier alpha value is -1.07. The number of rotatable bonds is 5. The van der Waals surface area contributed by atoms with E-state index < -0.39 is 5.91 Å². The summed E-state index contributed by atoms with van der Waals surface area (Å²) in [5, 5.41) is 3.34. The first-order chi connectivity index (χ1) is 8.30. The van der Waals surface area contributed by atoms with E-state index >= 15 is 0 Å². The minimum absolute atomic E-state index is 0.287. The fourth-order valence-corrected chi connectivity index (χ4v) is 1.93. The van der Waals surface area contributed by atoms with Crippen LogP contribution in [0.4, 0.5) is 5.69 Å². The van der Waals surface area contributed by atoms with E-state index in [-0.39, 0.29) is 5.54 Å². The van der Waals surface area contributed by atoms with Crippen molar-refractivity contribution in [2.24, 2.45) is 17.4 Å². The van der Waals surface area contributed by atoms with Crippen molar-refractivity contribution < 1.29 is 4.79 Å². The quantitative estimate of drug-likeness (QED) is 0.780. The summed E-state index contributed by atoms with van der Waals surface area (Å²) >= 11 is 3.39. The molecule has 1 atom stereocenters. The van der Waals surface area contributed by atoms with Crippen LogP contribution in [0.25, 0.3) is 0 Å². The monoisotopic (exact) mass is 313 g/mol. The lowest BCUT2D eigenvalue weighted by molar-refractivity contribution is 0.100. The van der Waals surface area contributed by atoms with E-state index in [4.69, 9.17) is 11.5 Å². The van der Waals surface area contributed by atoms with Gasteiger partial charge in [0, 0.05) is 22.2 Å². The number of nitrogens with one attached hydrogen (secondary N) is 1. The maximum absolute atomic E-state index is 11.4. The normalized spacial score (nSPS) is 14.3. The van der Waals surface area contributed by atoms with E-state index in [1.807, 2.05) is 13.0 Å². The molecule has 0 aliphatic heterocycles. The van der Waals surface area contributed by atoms with Crippen LogP contribution in [0, 0.1) is 5.92 Å². The van der Waals surface area contributed by atoms with Gasteiger partial charge in [0.1, 0.15) is 0 Å². The van der Waals surface area contributed by atoms with Gasteiger partial charge in [0.2, 0.25) is 0 Å². The van der Waals surface area contributed by atoms with E-state index in [9.17, 15) is 4.79 Å². The number of carbonyl (C=O) groups is 1. The molecule has 1 amide bonds. The zero-order chi connectivity index (χ0) is 13.9. The van der Waals surface area contributed by atoms with Crippen LogP contribution in [0.3, 0.4) is 0 Å². The second-order valence-corrected chi connectivity index (χ2v) is 5.87. The molecule has 0 radical (unpaired) electrons. The first-order valence-corrected chi connectivity index (χ1v) is 6.67. The Morgan fingerprint density at radius 3 is 2.56 bits per heavy atom. The highest BCUT2D eigenvalue weighted by Crippen LogP contribution is 2.27. The molecule has 0 aliphatic rings. The summed E-state index contributed by atoms with van der Waals surface area (Å²) in [7, 11) is 0. The van der Waals surface area contributed by atoms with Gasteiger partial charge in [-0.25, -0.2) is 0 Å². The average molecular weight is 314 g/mol. The molecule has 4 nitrogen and oxygen atoms in total. The van der Waals surface area contributed by atoms with E-state index in [2.05, 4.69) is 35.1 Å². The van der Waals surface area contributed by atoms with Crippen LogP contribution in [0.5, 0.6) is 0 Å². The second kappa shape index (κ2) is 5.71. The Bertz CT molecular complexity index is 448. The van der Waals surface area contributed by atoms with Crippen LogP contribution in [-0.2, 0) is 0 Å². The van der Waals surface area contributed by atoms with Gasteiger partial charge in [0.05, 0.1) is 5.56 Å². The molecule has 0 saturated heterocycles. The minimum Gasteiger partial charge on any atom is -0.378 e. The molecule has 0 bridgehead atoms. The lowest BCUT2D eigenvalue weighted by atomic mass is 9.88. The molecule has 1 aromatic carbocycles. The van der Waals surface area contributed by atoms with E-state index in [0.717, 1.165) is 4.47 Å². The molecule has 18 heavy (non-hydrogen) atoms. The van der Waals surface area contributed by atoms with Gasteiger partial charge in [-0.15, -0.1) is 0 Å². The van der Waals surface area contributed by atoms with Crippen LogP contribution in [0.15, 0.2) is 22.7 Å². The number of benzene rings is 1. The van der Waals surface area contributed by atoms with Crippen molar-refractivity contribution in [1.82, 2.24) is 0 Å². The number of primary amides is 1. The van der Waals surface area contributed by atoms with Gasteiger partial charge in [-0.1, -0.05) is 29.8 Å². The largest absolute Gasteiger partial charge is 0.378 e. The van der Waals surface area contributed by atoms with Crippen LogP contribution in [-0.4, -0.2) is 18.0 Å². The maximum Gasteiger partial charge on any atom is 0.250 e. The first-order valence-electron chi connectivity index (χ1n) is 5.87. The minimum atomic E-state index is -0.451. The molecule has 1 unspecified atom stereocenters. The van der Waals surface area contributed by atoms with Crippen molar-refractivity contribution in [3.05, 3.63) is 28.2 Å². The Balaban J connectivity index is 3.16. The topological polar surface area (TPSA) is 81.1 Å². The summed E-state index contributed by atoms with van der Waals surface area (Å²) < 4.78 is 0.887. The molecule has 0 heterocycles. The lowest BCUT2D eigenvalue weighted by Gasteiger charge is -2.35. The van der Waals surface area contributed by atoms with Crippen molar-refractivity contribution in [3.63, 3.8) is 0 Å². The number of carbonyl (C=O) groups excluding carboxylic acids is 1. The molecule has 0 aromatic heterocycles. The molecule has 100 valence electrons. The number of hydrogen-bond acceptors (Lipinski definition) is 3. The molecule has 0 aliphatic carbocycles. The van der Waals surface area contributed by atoms with Gasteiger partial charge in [-0.05, 0) is 31.0 Å². The molecule has 0 fully saturated rings. The van der Waals surface area contributed by atoms with Crippen LogP contribution < -0.4 is 16.8 Å². The maximum atomic E-state index is 11.4. The zero-order valence-electron chi connectivity index (χ0n) is 11.0. The summed E-state index contributed by atoms with van der Waals surface area (Å²) in [6, 6.07) is 5.34. The molecule has 5 heteroatoms. The molecule has 0 spiro atoms. The number of amides is 1. The van der Waals surface area contributed by atoms with Crippen molar-refractivity contribution in [2.45, 2.75) is 26.3 Å². The summed E-state index contributed by atoms with van der Waals surface area (Å²) in [4.78, 5) is 11.4. The molecular formula is C13H20BrN3O. The van der Waals surface area contributed by atoms with E-state index in [0.29, 0.717) is 23.7 Å². The highest BCUT2D eigenvalue weighted by atomic mass is 79.9. The van der Waals surface area contributed by atoms with Crippen molar-refractivity contribution in [1.29, 1.82) is 0 Å². The standard InChI is InChI=1S/C13H20BrN3O/c1-8(2)13(3,7-15)17-11-6-9(14)4-5-10(11)12(16)18/h4-6,8,17H,7,15H2,1-3H3,(H2,16,18). The van der Waals surface area contributed by atoms with Gasteiger partial charge >= 0.3 is 0 Å². The van der Waals surface area contributed by atoms with Gasteiger partial charge in [-0.3, -0.25) is 4.79 Å². The van der Waals surface area contributed by atoms with Crippen molar-refractivity contribution >= 4 is 27.5 Å². The number of hydrogen-bond donors (Lipinski definition) is 3. The van der Waals surface area contributed by atoms with Crippen LogP contribution in [0.1, 0.15) is 31.1 Å². The lowest BCUT2D eigenvalue weighted by Crippen LogP contribution is -2.47. The predicted molar refractivity (Wildman–Crippen MR) is 78.6 cm³/mol. The van der Waals surface area contributed by atoms with Crippen LogP contribution in [0.2, 0.25) is 0 Å². The summed E-state index contributed by atoms with van der Waals surface area (Å²) in [5.74, 6) is -0.129. The van der Waals surface area contributed by atoms with Gasteiger partial charge in [0.15, 0.2) is 0 Å². The predicted octanol–water partition coefficient (Wildman–Crippen LogP) is 2.33. The van der Waals surface area contributed by atoms with Gasteiger partial charge in [-0.2, -0.15) is 0 Å². The highest BCUT2D eigenvalue weighted by Gasteiger charge is 2.27.